The molecule has 0 aliphatic heterocycles. The Hall–Kier alpha value is -1.58. The lowest BCUT2D eigenvalue weighted by Crippen LogP contribution is -2.27. The first-order valence-electron chi connectivity index (χ1n) is 4.99. The molecule has 1 amide bonds. The highest BCUT2D eigenvalue weighted by molar-refractivity contribution is 5.93. The minimum Gasteiger partial charge on any atom is -0.430 e. The predicted molar refractivity (Wildman–Crippen MR) is 56.8 cm³/mol. The molecule has 0 radical (unpaired) electrons. The number of amides is 1. The molecule has 0 aliphatic carbocycles. The average Bonchev–Trinajstić information content (AvgIpc) is 2.26. The van der Waals surface area contributed by atoms with Gasteiger partial charge in [0.05, 0.1) is 5.56 Å². The minimum atomic E-state index is -0.442. The van der Waals surface area contributed by atoms with E-state index >= 15 is 0 Å². The molecular weight excluding hydrogens is 194 g/mol. The molecular formula is C11H15NO3. The summed E-state index contributed by atoms with van der Waals surface area (Å²) in [5.41, 5.74) is -0.0315. The summed E-state index contributed by atoms with van der Waals surface area (Å²) in [6.45, 7) is 2.79. The van der Waals surface area contributed by atoms with Crippen LogP contribution < -0.4 is 5.63 Å². The molecule has 1 rings (SSSR count). The molecule has 15 heavy (non-hydrogen) atoms. The highest BCUT2D eigenvalue weighted by atomic mass is 16.4. The SMILES string of the molecule is CCCCN(C)C(=O)c1ccc(=O)oc1. The van der Waals surface area contributed by atoms with Crippen molar-refractivity contribution in [2.24, 2.45) is 0 Å². The van der Waals surface area contributed by atoms with Gasteiger partial charge in [-0.15, -0.1) is 0 Å². The van der Waals surface area contributed by atoms with Gasteiger partial charge >= 0.3 is 5.63 Å². The zero-order valence-electron chi connectivity index (χ0n) is 9.03. The number of hydrogen-bond donors (Lipinski definition) is 0. The smallest absolute Gasteiger partial charge is 0.335 e. The maximum absolute atomic E-state index is 11.7. The number of rotatable bonds is 4. The van der Waals surface area contributed by atoms with Crippen molar-refractivity contribution in [3.63, 3.8) is 0 Å². The third-order valence-electron chi connectivity index (χ3n) is 2.14. The van der Waals surface area contributed by atoms with Crippen molar-refractivity contribution in [2.45, 2.75) is 19.8 Å². The van der Waals surface area contributed by atoms with Gasteiger partial charge in [0.25, 0.3) is 5.91 Å². The molecule has 0 aromatic carbocycles. The van der Waals surface area contributed by atoms with E-state index in [9.17, 15) is 9.59 Å². The van der Waals surface area contributed by atoms with Crippen LogP contribution in [0.1, 0.15) is 30.1 Å². The van der Waals surface area contributed by atoms with Crippen molar-refractivity contribution >= 4 is 5.91 Å². The molecule has 0 N–H and O–H groups in total. The normalized spacial score (nSPS) is 10.0. The van der Waals surface area contributed by atoms with E-state index in [0.29, 0.717) is 12.1 Å². The Bertz CT molecular complexity index is 363. The molecule has 82 valence electrons. The molecule has 0 fully saturated rings. The molecule has 4 nitrogen and oxygen atoms in total. The highest BCUT2D eigenvalue weighted by Crippen LogP contribution is 2.02. The summed E-state index contributed by atoms with van der Waals surface area (Å²) in [5, 5.41) is 0. The van der Waals surface area contributed by atoms with Gasteiger partial charge in [-0.1, -0.05) is 13.3 Å². The molecule has 4 heteroatoms. The van der Waals surface area contributed by atoms with E-state index in [-0.39, 0.29) is 5.91 Å². The number of carbonyl (C=O) groups is 1. The molecule has 0 saturated heterocycles. The Labute approximate surface area is 88.5 Å². The van der Waals surface area contributed by atoms with Gasteiger partial charge in [0.1, 0.15) is 6.26 Å². The monoisotopic (exact) mass is 209 g/mol. The molecule has 0 saturated carbocycles. The largest absolute Gasteiger partial charge is 0.430 e. The summed E-state index contributed by atoms with van der Waals surface area (Å²) in [4.78, 5) is 24.0. The second-order valence-corrected chi connectivity index (χ2v) is 3.42. The van der Waals surface area contributed by atoms with Gasteiger partial charge in [-0.3, -0.25) is 4.79 Å². The van der Waals surface area contributed by atoms with Crippen LogP contribution in [0, 0.1) is 0 Å². The Morgan fingerprint density at radius 3 is 2.73 bits per heavy atom. The van der Waals surface area contributed by atoms with Crippen LogP contribution in [0.5, 0.6) is 0 Å². The van der Waals surface area contributed by atoms with Gasteiger partial charge in [0, 0.05) is 19.7 Å². The predicted octanol–water partition coefficient (Wildman–Crippen LogP) is 1.51. The Balaban J connectivity index is 2.67. The Morgan fingerprint density at radius 2 is 2.20 bits per heavy atom. The van der Waals surface area contributed by atoms with Crippen LogP contribution >= 0.6 is 0 Å². The molecule has 0 aliphatic rings. The molecule has 0 spiro atoms. The second-order valence-electron chi connectivity index (χ2n) is 3.42. The summed E-state index contributed by atoms with van der Waals surface area (Å²) >= 11 is 0. The van der Waals surface area contributed by atoms with Crippen molar-refractivity contribution < 1.29 is 9.21 Å². The zero-order chi connectivity index (χ0) is 11.3. The lowest BCUT2D eigenvalue weighted by atomic mass is 10.2. The van der Waals surface area contributed by atoms with Crippen molar-refractivity contribution in [1.29, 1.82) is 0 Å². The van der Waals surface area contributed by atoms with Gasteiger partial charge in [-0.05, 0) is 12.5 Å². The van der Waals surface area contributed by atoms with Crippen LogP contribution in [0.4, 0.5) is 0 Å². The molecule has 0 bridgehead atoms. The van der Waals surface area contributed by atoms with Crippen LogP contribution in [-0.4, -0.2) is 24.4 Å². The number of carbonyl (C=O) groups excluding carboxylic acids is 1. The lowest BCUT2D eigenvalue weighted by Gasteiger charge is -2.15. The van der Waals surface area contributed by atoms with Crippen LogP contribution in [0.25, 0.3) is 0 Å². The van der Waals surface area contributed by atoms with E-state index in [1.165, 1.54) is 18.4 Å². The summed E-state index contributed by atoms with van der Waals surface area (Å²) < 4.78 is 4.63. The van der Waals surface area contributed by atoms with Crippen molar-refractivity contribution in [2.75, 3.05) is 13.6 Å². The third-order valence-corrected chi connectivity index (χ3v) is 2.14. The summed E-state index contributed by atoms with van der Waals surface area (Å²) in [5.74, 6) is -0.118. The molecule has 1 heterocycles. The van der Waals surface area contributed by atoms with Gasteiger partial charge < -0.3 is 9.32 Å². The van der Waals surface area contributed by atoms with Crippen LogP contribution in [0.3, 0.4) is 0 Å². The number of unbranched alkanes of at least 4 members (excludes halogenated alkanes) is 1. The van der Waals surface area contributed by atoms with E-state index in [0.717, 1.165) is 12.8 Å². The first-order valence-corrected chi connectivity index (χ1v) is 4.99. The molecule has 0 unspecified atom stereocenters. The van der Waals surface area contributed by atoms with Crippen LogP contribution in [0.2, 0.25) is 0 Å². The fourth-order valence-electron chi connectivity index (χ4n) is 1.20. The van der Waals surface area contributed by atoms with E-state index in [1.54, 1.807) is 11.9 Å². The molecule has 0 atom stereocenters. The molecule has 1 aromatic rings. The summed E-state index contributed by atoms with van der Waals surface area (Å²) in [7, 11) is 1.74. The maximum atomic E-state index is 11.7. The van der Waals surface area contributed by atoms with E-state index in [4.69, 9.17) is 0 Å². The van der Waals surface area contributed by atoms with Crippen LogP contribution in [0.15, 0.2) is 27.6 Å². The standard InChI is InChI=1S/C11H15NO3/c1-3-4-7-12(2)11(14)9-5-6-10(13)15-8-9/h5-6,8H,3-4,7H2,1-2H3. The highest BCUT2D eigenvalue weighted by Gasteiger charge is 2.11. The number of nitrogens with zero attached hydrogens (tertiary/aromatic N) is 1. The average molecular weight is 209 g/mol. The van der Waals surface area contributed by atoms with Crippen molar-refractivity contribution in [3.8, 4) is 0 Å². The molecule has 1 aromatic heterocycles. The van der Waals surface area contributed by atoms with Gasteiger partial charge in [0.2, 0.25) is 0 Å². The minimum absolute atomic E-state index is 0.118. The number of hydrogen-bond acceptors (Lipinski definition) is 3. The third kappa shape index (κ3) is 3.23. The van der Waals surface area contributed by atoms with E-state index in [2.05, 4.69) is 11.3 Å². The second kappa shape index (κ2) is 5.34. The van der Waals surface area contributed by atoms with Crippen molar-refractivity contribution in [3.05, 3.63) is 34.4 Å². The van der Waals surface area contributed by atoms with Gasteiger partial charge in [-0.25, -0.2) is 4.79 Å². The Morgan fingerprint density at radius 1 is 1.47 bits per heavy atom. The first-order chi connectivity index (χ1) is 7.15. The fraction of sp³-hybridized carbons (Fsp3) is 0.455. The Kier molecular flexibility index (Phi) is 4.09. The summed E-state index contributed by atoms with van der Waals surface area (Å²) in [6, 6.07) is 2.73. The van der Waals surface area contributed by atoms with Crippen LogP contribution in [-0.2, 0) is 0 Å². The van der Waals surface area contributed by atoms with Crippen molar-refractivity contribution in [1.82, 2.24) is 4.90 Å². The van der Waals surface area contributed by atoms with Gasteiger partial charge in [-0.2, -0.15) is 0 Å². The van der Waals surface area contributed by atoms with E-state index < -0.39 is 5.63 Å². The van der Waals surface area contributed by atoms with E-state index in [1.807, 2.05) is 0 Å². The quantitative estimate of drug-likeness (QED) is 0.755. The lowest BCUT2D eigenvalue weighted by molar-refractivity contribution is 0.0790. The maximum Gasteiger partial charge on any atom is 0.335 e. The first kappa shape index (κ1) is 11.5. The summed E-state index contributed by atoms with van der Waals surface area (Å²) in [6.07, 6.45) is 3.22. The van der Waals surface area contributed by atoms with Gasteiger partial charge in [0.15, 0.2) is 0 Å². The fourth-order valence-corrected chi connectivity index (χ4v) is 1.20. The topological polar surface area (TPSA) is 50.5 Å². The zero-order valence-corrected chi connectivity index (χ0v) is 9.03.